The normalized spacial score (nSPS) is 12.7. The fourth-order valence-electron chi connectivity index (χ4n) is 2.13. The minimum absolute atomic E-state index is 0.0304. The van der Waals surface area contributed by atoms with Crippen molar-refractivity contribution in [3.63, 3.8) is 0 Å². The number of hydrogen-bond donors (Lipinski definition) is 2. The summed E-state index contributed by atoms with van der Waals surface area (Å²) in [6, 6.07) is 7.88. The van der Waals surface area contributed by atoms with Crippen molar-refractivity contribution in [2.75, 3.05) is 5.32 Å². The molecule has 0 aliphatic carbocycles. The number of thiocarbonyl (C=S) groups is 1. The molecule has 6 heteroatoms. The lowest BCUT2D eigenvalue weighted by molar-refractivity contribution is 0.262. The minimum atomic E-state index is 0.0304. The Kier molecular flexibility index (Phi) is 5.65. The zero-order valence-corrected chi connectivity index (χ0v) is 15.5. The molecule has 0 radical (unpaired) electrons. The van der Waals surface area contributed by atoms with Gasteiger partial charge >= 0.3 is 0 Å². The molecule has 0 bridgehead atoms. The Balaban J connectivity index is 2.03. The van der Waals surface area contributed by atoms with Crippen LogP contribution in [0.2, 0.25) is 5.02 Å². The molecule has 1 aromatic heterocycles. The molecule has 0 saturated heterocycles. The van der Waals surface area contributed by atoms with Crippen molar-refractivity contribution >= 4 is 34.6 Å². The van der Waals surface area contributed by atoms with E-state index in [4.69, 9.17) is 23.8 Å². The van der Waals surface area contributed by atoms with Gasteiger partial charge in [-0.2, -0.15) is 5.10 Å². The maximum Gasteiger partial charge on any atom is 0.171 e. The first kappa shape index (κ1) is 17.8. The molecule has 0 spiro atoms. The number of benzene rings is 1. The number of nitrogens with zero attached hydrogens (tertiary/aromatic N) is 2. The van der Waals surface area contributed by atoms with Gasteiger partial charge in [0.25, 0.3) is 0 Å². The largest absolute Gasteiger partial charge is 0.357 e. The van der Waals surface area contributed by atoms with Gasteiger partial charge in [0.15, 0.2) is 5.11 Å². The van der Waals surface area contributed by atoms with Crippen molar-refractivity contribution < 1.29 is 0 Å². The van der Waals surface area contributed by atoms with Crippen LogP contribution in [-0.2, 0) is 6.54 Å². The predicted octanol–water partition coefficient (Wildman–Crippen LogP) is 4.25. The lowest BCUT2D eigenvalue weighted by Gasteiger charge is -2.32. The molecule has 0 fully saturated rings. The molecule has 0 saturated carbocycles. The second kappa shape index (κ2) is 7.32. The first-order valence-electron chi connectivity index (χ1n) is 7.57. The van der Waals surface area contributed by atoms with Gasteiger partial charge in [-0.25, -0.2) is 0 Å². The fourth-order valence-corrected chi connectivity index (χ4v) is 2.57. The number of rotatable bonds is 4. The van der Waals surface area contributed by atoms with E-state index in [1.807, 2.05) is 42.1 Å². The predicted molar refractivity (Wildman–Crippen MR) is 101 cm³/mol. The Bertz CT molecular complexity index is 662. The second-order valence-electron chi connectivity index (χ2n) is 6.71. The molecule has 1 atom stereocenters. The number of nitrogens with one attached hydrogen (secondary N) is 2. The summed E-state index contributed by atoms with van der Waals surface area (Å²) in [5.74, 6) is 0. The van der Waals surface area contributed by atoms with Crippen LogP contribution in [0, 0.1) is 12.3 Å². The van der Waals surface area contributed by atoms with E-state index in [0.717, 1.165) is 22.8 Å². The number of hydrogen-bond acceptors (Lipinski definition) is 2. The summed E-state index contributed by atoms with van der Waals surface area (Å²) in [7, 11) is 0. The highest BCUT2D eigenvalue weighted by molar-refractivity contribution is 7.80. The maximum atomic E-state index is 6.16. The van der Waals surface area contributed by atoms with Crippen molar-refractivity contribution in [3.05, 3.63) is 47.2 Å². The summed E-state index contributed by atoms with van der Waals surface area (Å²) in [4.78, 5) is 0. The Morgan fingerprint density at radius 3 is 2.70 bits per heavy atom. The van der Waals surface area contributed by atoms with Gasteiger partial charge in [-0.05, 0) is 48.3 Å². The summed E-state index contributed by atoms with van der Waals surface area (Å²) < 4.78 is 1.91. The van der Waals surface area contributed by atoms with Crippen molar-refractivity contribution in [1.29, 1.82) is 0 Å². The molecule has 1 aromatic carbocycles. The van der Waals surface area contributed by atoms with Crippen LogP contribution in [0.5, 0.6) is 0 Å². The molecule has 2 N–H and O–H groups in total. The van der Waals surface area contributed by atoms with Crippen LogP contribution < -0.4 is 10.6 Å². The molecule has 2 rings (SSSR count). The first-order chi connectivity index (χ1) is 10.8. The molecule has 4 nitrogen and oxygen atoms in total. The van der Waals surface area contributed by atoms with E-state index in [9.17, 15) is 0 Å². The quantitative estimate of drug-likeness (QED) is 0.809. The van der Waals surface area contributed by atoms with Gasteiger partial charge in [0, 0.05) is 23.1 Å². The van der Waals surface area contributed by atoms with Crippen LogP contribution in [0.1, 0.15) is 26.3 Å². The van der Waals surface area contributed by atoms with Gasteiger partial charge in [-0.15, -0.1) is 0 Å². The average Bonchev–Trinajstić information content (AvgIpc) is 2.94. The second-order valence-corrected chi connectivity index (χ2v) is 7.52. The molecular formula is C17H23ClN4S. The minimum Gasteiger partial charge on any atom is -0.357 e. The van der Waals surface area contributed by atoms with Gasteiger partial charge < -0.3 is 10.6 Å². The third kappa shape index (κ3) is 5.22. The SMILES string of the molecule is Cc1ccc(NC(=S)NC(Cn2cccn2)C(C)(C)C)cc1Cl. The number of halogens is 1. The van der Waals surface area contributed by atoms with Crippen LogP contribution in [0.25, 0.3) is 0 Å². The van der Waals surface area contributed by atoms with Crippen molar-refractivity contribution in [3.8, 4) is 0 Å². The lowest BCUT2D eigenvalue weighted by Crippen LogP contribution is -2.48. The van der Waals surface area contributed by atoms with E-state index in [1.165, 1.54) is 0 Å². The summed E-state index contributed by atoms with van der Waals surface area (Å²) >= 11 is 11.6. The van der Waals surface area contributed by atoms with Crippen LogP contribution in [-0.4, -0.2) is 20.9 Å². The van der Waals surface area contributed by atoms with Crippen molar-refractivity contribution in [2.45, 2.75) is 40.3 Å². The van der Waals surface area contributed by atoms with Gasteiger partial charge in [0.05, 0.1) is 12.6 Å². The highest BCUT2D eigenvalue weighted by Crippen LogP contribution is 2.22. The van der Waals surface area contributed by atoms with E-state index in [-0.39, 0.29) is 11.5 Å². The fraction of sp³-hybridized carbons (Fsp3) is 0.412. The van der Waals surface area contributed by atoms with Crippen LogP contribution in [0.3, 0.4) is 0 Å². The summed E-state index contributed by atoms with van der Waals surface area (Å²) in [5.41, 5.74) is 1.95. The molecule has 1 unspecified atom stereocenters. The first-order valence-corrected chi connectivity index (χ1v) is 8.35. The number of aromatic nitrogens is 2. The van der Waals surface area contributed by atoms with Crippen LogP contribution in [0.15, 0.2) is 36.7 Å². The van der Waals surface area contributed by atoms with Gasteiger partial charge in [-0.1, -0.05) is 38.4 Å². The smallest absolute Gasteiger partial charge is 0.171 e. The Labute approximate surface area is 148 Å². The van der Waals surface area contributed by atoms with Crippen LogP contribution >= 0.6 is 23.8 Å². The Hall–Kier alpha value is -1.59. The lowest BCUT2D eigenvalue weighted by atomic mass is 9.87. The molecule has 124 valence electrons. The molecule has 0 aliphatic heterocycles. The van der Waals surface area contributed by atoms with E-state index < -0.39 is 0 Å². The number of anilines is 1. The van der Waals surface area contributed by atoms with E-state index >= 15 is 0 Å². The van der Waals surface area contributed by atoms with Gasteiger partial charge in [0.1, 0.15) is 0 Å². The van der Waals surface area contributed by atoms with Gasteiger partial charge in [0.2, 0.25) is 0 Å². The molecular weight excluding hydrogens is 328 g/mol. The van der Waals surface area contributed by atoms with E-state index in [2.05, 4.69) is 36.5 Å². The summed E-state index contributed by atoms with van der Waals surface area (Å²) in [5, 5.41) is 12.2. The topological polar surface area (TPSA) is 41.9 Å². The van der Waals surface area contributed by atoms with Crippen molar-refractivity contribution in [2.24, 2.45) is 5.41 Å². The standard InChI is InChI=1S/C17H23ClN4S/c1-12-6-7-13(10-14(12)18)20-16(23)21-15(17(2,3)4)11-22-9-5-8-19-22/h5-10,15H,11H2,1-4H3,(H2,20,21,23). The molecule has 23 heavy (non-hydrogen) atoms. The average molecular weight is 351 g/mol. The zero-order chi connectivity index (χ0) is 17.0. The molecule has 2 aromatic rings. The Morgan fingerprint density at radius 1 is 1.39 bits per heavy atom. The van der Waals surface area contributed by atoms with E-state index in [0.29, 0.717) is 5.11 Å². The Morgan fingerprint density at radius 2 is 2.13 bits per heavy atom. The molecule has 0 amide bonds. The van der Waals surface area contributed by atoms with Crippen molar-refractivity contribution in [1.82, 2.24) is 15.1 Å². The van der Waals surface area contributed by atoms with E-state index in [1.54, 1.807) is 6.20 Å². The third-order valence-electron chi connectivity index (χ3n) is 3.71. The monoisotopic (exact) mass is 350 g/mol. The summed E-state index contributed by atoms with van der Waals surface area (Å²) in [6.07, 6.45) is 3.74. The van der Waals surface area contributed by atoms with Gasteiger partial charge in [-0.3, -0.25) is 4.68 Å². The highest BCUT2D eigenvalue weighted by Gasteiger charge is 2.26. The highest BCUT2D eigenvalue weighted by atomic mass is 35.5. The molecule has 0 aliphatic rings. The molecule has 1 heterocycles. The summed E-state index contributed by atoms with van der Waals surface area (Å²) in [6.45, 7) is 9.26. The third-order valence-corrected chi connectivity index (χ3v) is 4.34. The van der Waals surface area contributed by atoms with Crippen LogP contribution in [0.4, 0.5) is 5.69 Å². The number of aryl methyl sites for hydroxylation is 1. The zero-order valence-electron chi connectivity index (χ0n) is 13.9. The maximum absolute atomic E-state index is 6.16.